The molecular weight excluding hydrogens is 364 g/mol. The third kappa shape index (κ3) is 4.32. The molecule has 0 fully saturated rings. The molecule has 3 aromatic carbocycles. The van der Waals surface area contributed by atoms with Crippen molar-refractivity contribution in [1.29, 1.82) is 0 Å². The average Bonchev–Trinajstić information content (AvgIpc) is 3.24. The van der Waals surface area contributed by atoms with Crippen molar-refractivity contribution in [3.63, 3.8) is 0 Å². The number of hydrogen-bond donors (Lipinski definition) is 3. The van der Waals surface area contributed by atoms with Gasteiger partial charge in [0.15, 0.2) is 0 Å². The molecule has 2 amide bonds. The lowest BCUT2D eigenvalue weighted by atomic mass is 10.0. The fourth-order valence-electron chi connectivity index (χ4n) is 3.18. The topological polar surface area (TPSA) is 86.9 Å². The molecule has 1 atom stereocenters. The highest BCUT2D eigenvalue weighted by molar-refractivity contribution is 6.04. The van der Waals surface area contributed by atoms with Gasteiger partial charge in [0.2, 0.25) is 5.91 Å². The molecule has 0 radical (unpaired) electrons. The van der Waals surface area contributed by atoms with Crippen molar-refractivity contribution in [3.05, 3.63) is 96.2 Å². The number of H-pyrrole nitrogens is 1. The van der Waals surface area contributed by atoms with Crippen LogP contribution in [-0.2, 0) is 11.2 Å². The number of amides is 2. The number of hydrogen-bond acceptors (Lipinski definition) is 3. The number of aromatic nitrogens is 2. The Balaban J connectivity index is 1.57. The highest BCUT2D eigenvalue weighted by atomic mass is 16.2. The summed E-state index contributed by atoms with van der Waals surface area (Å²) in [4.78, 5) is 25.8. The number of para-hydroxylation sites is 1. The van der Waals surface area contributed by atoms with Crippen LogP contribution in [0.5, 0.6) is 0 Å². The Hall–Kier alpha value is -3.93. The molecule has 0 aliphatic rings. The summed E-state index contributed by atoms with van der Waals surface area (Å²) in [6.45, 7) is 0. The second-order valence-corrected chi connectivity index (χ2v) is 6.71. The van der Waals surface area contributed by atoms with Crippen molar-refractivity contribution in [2.24, 2.45) is 0 Å². The van der Waals surface area contributed by atoms with E-state index in [9.17, 15) is 9.59 Å². The summed E-state index contributed by atoms with van der Waals surface area (Å²) in [6.07, 6.45) is 2.08. The van der Waals surface area contributed by atoms with Crippen LogP contribution in [0.2, 0.25) is 0 Å². The molecule has 0 saturated heterocycles. The third-order valence-corrected chi connectivity index (χ3v) is 4.67. The van der Waals surface area contributed by atoms with Crippen LogP contribution in [0, 0.1) is 0 Å². The third-order valence-electron chi connectivity index (χ3n) is 4.67. The van der Waals surface area contributed by atoms with Gasteiger partial charge in [-0.1, -0.05) is 60.7 Å². The molecule has 29 heavy (non-hydrogen) atoms. The molecule has 6 heteroatoms. The summed E-state index contributed by atoms with van der Waals surface area (Å²) in [5, 5.41) is 13.6. The molecule has 144 valence electrons. The minimum atomic E-state index is -0.733. The average molecular weight is 384 g/mol. The lowest BCUT2D eigenvalue weighted by Gasteiger charge is -2.19. The fourth-order valence-corrected chi connectivity index (χ4v) is 3.18. The summed E-state index contributed by atoms with van der Waals surface area (Å²) in [7, 11) is 0. The predicted molar refractivity (Wildman–Crippen MR) is 113 cm³/mol. The maximum absolute atomic E-state index is 13.1. The smallest absolute Gasteiger partial charge is 0.251 e. The molecule has 0 spiro atoms. The molecule has 6 nitrogen and oxygen atoms in total. The van der Waals surface area contributed by atoms with E-state index in [0.717, 1.165) is 16.5 Å². The second-order valence-electron chi connectivity index (χ2n) is 6.71. The first-order valence-corrected chi connectivity index (χ1v) is 9.33. The molecule has 0 aliphatic carbocycles. The first-order valence-electron chi connectivity index (χ1n) is 9.33. The molecule has 0 bridgehead atoms. The van der Waals surface area contributed by atoms with Gasteiger partial charge in [0.25, 0.3) is 5.91 Å². The number of rotatable bonds is 6. The zero-order chi connectivity index (χ0) is 20.1. The van der Waals surface area contributed by atoms with Crippen molar-refractivity contribution in [1.82, 2.24) is 15.5 Å². The van der Waals surface area contributed by atoms with E-state index in [1.807, 2.05) is 48.5 Å². The van der Waals surface area contributed by atoms with Gasteiger partial charge in [0.05, 0.1) is 17.4 Å². The Labute approximate surface area is 168 Å². The molecule has 1 unspecified atom stereocenters. The molecular formula is C23H20N4O2. The van der Waals surface area contributed by atoms with Crippen LogP contribution < -0.4 is 10.6 Å². The zero-order valence-corrected chi connectivity index (χ0v) is 15.6. The van der Waals surface area contributed by atoms with E-state index in [1.165, 1.54) is 0 Å². The zero-order valence-electron chi connectivity index (χ0n) is 15.6. The summed E-state index contributed by atoms with van der Waals surface area (Å²) in [5.74, 6) is -0.582. The molecule has 0 saturated carbocycles. The SMILES string of the molecule is O=C(NC(Cc1ccccc1)C(=O)Nc1cccc2cn[nH]c12)c1ccccc1. The van der Waals surface area contributed by atoms with Crippen molar-refractivity contribution in [3.8, 4) is 0 Å². The fraction of sp³-hybridized carbons (Fsp3) is 0.0870. The van der Waals surface area contributed by atoms with Gasteiger partial charge >= 0.3 is 0 Å². The Morgan fingerprint density at radius 3 is 2.38 bits per heavy atom. The molecule has 0 aliphatic heterocycles. The molecule has 4 aromatic rings. The number of carbonyl (C=O) groups excluding carboxylic acids is 2. The van der Waals surface area contributed by atoms with E-state index < -0.39 is 6.04 Å². The van der Waals surface area contributed by atoms with Gasteiger partial charge in [-0.2, -0.15) is 5.10 Å². The van der Waals surface area contributed by atoms with E-state index in [-0.39, 0.29) is 11.8 Å². The van der Waals surface area contributed by atoms with Gasteiger partial charge < -0.3 is 10.6 Å². The Bertz CT molecular complexity index is 1120. The second kappa shape index (κ2) is 8.39. The highest BCUT2D eigenvalue weighted by Crippen LogP contribution is 2.21. The van der Waals surface area contributed by atoms with Crippen LogP contribution in [0.4, 0.5) is 5.69 Å². The van der Waals surface area contributed by atoms with Crippen molar-refractivity contribution < 1.29 is 9.59 Å². The van der Waals surface area contributed by atoms with E-state index in [1.54, 1.807) is 36.5 Å². The monoisotopic (exact) mass is 384 g/mol. The van der Waals surface area contributed by atoms with Crippen LogP contribution in [0.3, 0.4) is 0 Å². The van der Waals surface area contributed by atoms with Gasteiger partial charge in [-0.05, 0) is 23.8 Å². The maximum atomic E-state index is 13.1. The van der Waals surface area contributed by atoms with Crippen molar-refractivity contribution in [2.75, 3.05) is 5.32 Å². The number of carbonyl (C=O) groups is 2. The molecule has 3 N–H and O–H groups in total. The number of fused-ring (bicyclic) bond motifs is 1. The van der Waals surface area contributed by atoms with E-state index in [4.69, 9.17) is 0 Å². The van der Waals surface area contributed by atoms with E-state index >= 15 is 0 Å². The number of benzene rings is 3. The number of nitrogens with zero attached hydrogens (tertiary/aromatic N) is 1. The van der Waals surface area contributed by atoms with Crippen LogP contribution in [0.15, 0.2) is 85.1 Å². The van der Waals surface area contributed by atoms with Gasteiger partial charge in [0.1, 0.15) is 6.04 Å². The lowest BCUT2D eigenvalue weighted by Crippen LogP contribution is -2.45. The maximum Gasteiger partial charge on any atom is 0.251 e. The van der Waals surface area contributed by atoms with Gasteiger partial charge in [-0.3, -0.25) is 14.7 Å². The highest BCUT2D eigenvalue weighted by Gasteiger charge is 2.22. The quantitative estimate of drug-likeness (QED) is 0.475. The van der Waals surface area contributed by atoms with Gasteiger partial charge in [-0.25, -0.2) is 0 Å². The van der Waals surface area contributed by atoms with Gasteiger partial charge in [-0.15, -0.1) is 0 Å². The summed E-state index contributed by atoms with van der Waals surface area (Å²) >= 11 is 0. The first kappa shape index (κ1) is 18.4. The lowest BCUT2D eigenvalue weighted by molar-refractivity contribution is -0.118. The standard InChI is InChI=1S/C23H20N4O2/c28-22(17-10-5-2-6-11-17)26-20(14-16-8-3-1-4-9-16)23(29)25-19-13-7-12-18-15-24-27-21(18)19/h1-13,15,20H,14H2,(H,24,27)(H,25,29)(H,26,28). The van der Waals surface area contributed by atoms with Crippen LogP contribution in [0.1, 0.15) is 15.9 Å². The van der Waals surface area contributed by atoms with Crippen LogP contribution >= 0.6 is 0 Å². The number of anilines is 1. The van der Waals surface area contributed by atoms with Crippen LogP contribution in [0.25, 0.3) is 10.9 Å². The normalized spacial score (nSPS) is 11.7. The summed E-state index contributed by atoms with van der Waals surface area (Å²) < 4.78 is 0. The predicted octanol–water partition coefficient (Wildman–Crippen LogP) is 3.54. The van der Waals surface area contributed by atoms with E-state index in [2.05, 4.69) is 20.8 Å². The number of aromatic amines is 1. The minimum absolute atomic E-state index is 0.290. The summed E-state index contributed by atoms with van der Waals surface area (Å²) in [6, 6.07) is 23.3. The Morgan fingerprint density at radius 2 is 1.62 bits per heavy atom. The minimum Gasteiger partial charge on any atom is -0.340 e. The summed E-state index contributed by atoms with van der Waals surface area (Å²) in [5.41, 5.74) is 2.83. The van der Waals surface area contributed by atoms with Gasteiger partial charge in [0, 0.05) is 17.4 Å². The van der Waals surface area contributed by atoms with Crippen LogP contribution in [-0.4, -0.2) is 28.1 Å². The number of nitrogens with one attached hydrogen (secondary N) is 3. The van der Waals surface area contributed by atoms with E-state index in [0.29, 0.717) is 17.7 Å². The Kier molecular flexibility index (Phi) is 5.33. The first-order chi connectivity index (χ1) is 14.2. The molecule has 1 heterocycles. The van der Waals surface area contributed by atoms with Crippen molar-refractivity contribution >= 4 is 28.4 Å². The largest absolute Gasteiger partial charge is 0.340 e. The Morgan fingerprint density at radius 1 is 0.897 bits per heavy atom. The van der Waals surface area contributed by atoms with Crippen molar-refractivity contribution in [2.45, 2.75) is 12.5 Å². The molecule has 1 aromatic heterocycles. The molecule has 4 rings (SSSR count).